The van der Waals surface area contributed by atoms with Crippen LogP contribution in [0.25, 0.3) is 11.0 Å². The number of rotatable bonds is 1. The predicted octanol–water partition coefficient (Wildman–Crippen LogP) is 1.21. The highest BCUT2D eigenvalue weighted by molar-refractivity contribution is 5.78. The highest BCUT2D eigenvalue weighted by Crippen LogP contribution is 2.17. The van der Waals surface area contributed by atoms with Gasteiger partial charge in [-0.3, -0.25) is 0 Å². The lowest BCUT2D eigenvalue weighted by Crippen LogP contribution is -2.04. The van der Waals surface area contributed by atoms with Crippen LogP contribution in [0.1, 0.15) is 13.0 Å². The number of terminal acetylenes is 1. The largest absolute Gasteiger partial charge is 0.399 e. The van der Waals surface area contributed by atoms with Gasteiger partial charge in [0.1, 0.15) is 11.6 Å². The minimum Gasteiger partial charge on any atom is -0.399 e. The fourth-order valence-electron chi connectivity index (χ4n) is 1.31. The summed E-state index contributed by atoms with van der Waals surface area (Å²) in [6.45, 7) is 1.89. The van der Waals surface area contributed by atoms with Gasteiger partial charge in [0.15, 0.2) is 0 Å². The van der Waals surface area contributed by atoms with E-state index in [0.717, 1.165) is 11.0 Å². The van der Waals surface area contributed by atoms with E-state index in [4.69, 9.17) is 12.2 Å². The van der Waals surface area contributed by atoms with Gasteiger partial charge in [-0.1, -0.05) is 11.1 Å². The summed E-state index contributed by atoms with van der Waals surface area (Å²) in [4.78, 5) is 0. The number of nitrogens with zero attached hydrogens (tertiary/aromatic N) is 3. The molecule has 0 saturated carbocycles. The Bertz CT molecular complexity index is 506. The molecular formula is C10H10N4. The van der Waals surface area contributed by atoms with E-state index in [1.165, 1.54) is 0 Å². The third-order valence-electron chi connectivity index (χ3n) is 2.10. The Morgan fingerprint density at radius 2 is 2.36 bits per heavy atom. The minimum absolute atomic E-state index is 0.109. The van der Waals surface area contributed by atoms with Crippen molar-refractivity contribution in [1.82, 2.24) is 15.0 Å². The van der Waals surface area contributed by atoms with Crippen LogP contribution in [0.4, 0.5) is 5.69 Å². The molecule has 1 aromatic heterocycles. The van der Waals surface area contributed by atoms with Gasteiger partial charge in [-0.15, -0.1) is 11.5 Å². The molecule has 2 rings (SSSR count). The number of nitrogens with two attached hydrogens (primary N) is 1. The molecule has 0 radical (unpaired) electrons. The van der Waals surface area contributed by atoms with E-state index in [2.05, 4.69) is 16.2 Å². The number of benzene rings is 1. The fraction of sp³-hybridized carbons (Fsp3) is 0.200. The molecule has 1 heterocycles. The van der Waals surface area contributed by atoms with Gasteiger partial charge in [0, 0.05) is 5.69 Å². The van der Waals surface area contributed by atoms with Crippen LogP contribution in [0, 0.1) is 12.3 Å². The van der Waals surface area contributed by atoms with Crippen LogP contribution >= 0.6 is 0 Å². The van der Waals surface area contributed by atoms with Crippen molar-refractivity contribution in [3.8, 4) is 12.3 Å². The third kappa shape index (κ3) is 1.19. The Morgan fingerprint density at radius 3 is 3.07 bits per heavy atom. The van der Waals surface area contributed by atoms with Crippen LogP contribution in [0.3, 0.4) is 0 Å². The van der Waals surface area contributed by atoms with E-state index in [1.54, 1.807) is 10.7 Å². The fourth-order valence-corrected chi connectivity index (χ4v) is 1.31. The van der Waals surface area contributed by atoms with Crippen molar-refractivity contribution in [3.05, 3.63) is 18.2 Å². The molecule has 0 bridgehead atoms. The summed E-state index contributed by atoms with van der Waals surface area (Å²) in [5, 5.41) is 7.97. The minimum atomic E-state index is -0.109. The van der Waals surface area contributed by atoms with Gasteiger partial charge in [0.25, 0.3) is 0 Å². The second-order valence-electron chi connectivity index (χ2n) is 3.12. The molecule has 0 unspecified atom stereocenters. The smallest absolute Gasteiger partial charge is 0.113 e. The normalized spacial score (nSPS) is 12.6. The number of nitrogen functional groups attached to an aromatic ring is 1. The highest BCUT2D eigenvalue weighted by atomic mass is 15.4. The average Bonchev–Trinajstić information content (AvgIpc) is 2.59. The van der Waals surface area contributed by atoms with Gasteiger partial charge >= 0.3 is 0 Å². The molecule has 4 heteroatoms. The Hall–Kier alpha value is -2.02. The molecule has 0 fully saturated rings. The van der Waals surface area contributed by atoms with E-state index >= 15 is 0 Å². The molecule has 14 heavy (non-hydrogen) atoms. The number of hydrogen-bond acceptors (Lipinski definition) is 3. The predicted molar refractivity (Wildman–Crippen MR) is 55.5 cm³/mol. The first kappa shape index (κ1) is 8.57. The summed E-state index contributed by atoms with van der Waals surface area (Å²) >= 11 is 0. The Balaban J connectivity index is 2.68. The second-order valence-corrected chi connectivity index (χ2v) is 3.12. The number of hydrogen-bond donors (Lipinski definition) is 1. The standard InChI is InChI=1S/C10H10N4/c1-3-7(2)14-10-6-8(11)4-5-9(10)12-13-14/h1,4-7H,11H2,2H3/t7-/m1/s1. The van der Waals surface area contributed by atoms with Crippen LogP contribution in [0.15, 0.2) is 18.2 Å². The summed E-state index contributed by atoms with van der Waals surface area (Å²) < 4.78 is 1.69. The molecule has 0 aliphatic rings. The van der Waals surface area contributed by atoms with Gasteiger partial charge in [0.05, 0.1) is 5.52 Å². The molecule has 1 aromatic carbocycles. The van der Waals surface area contributed by atoms with Crippen LogP contribution in [0.5, 0.6) is 0 Å². The molecule has 0 saturated heterocycles. The topological polar surface area (TPSA) is 56.7 Å². The lowest BCUT2D eigenvalue weighted by Gasteiger charge is -2.04. The van der Waals surface area contributed by atoms with E-state index in [1.807, 2.05) is 19.1 Å². The molecule has 0 aliphatic carbocycles. The maximum absolute atomic E-state index is 5.67. The van der Waals surface area contributed by atoms with Crippen molar-refractivity contribution in [1.29, 1.82) is 0 Å². The maximum Gasteiger partial charge on any atom is 0.113 e. The SMILES string of the molecule is C#C[C@@H](C)n1nnc2ccc(N)cc21. The highest BCUT2D eigenvalue weighted by Gasteiger charge is 2.08. The Morgan fingerprint density at radius 1 is 1.57 bits per heavy atom. The van der Waals surface area contributed by atoms with Gasteiger partial charge in [-0.2, -0.15) is 0 Å². The van der Waals surface area contributed by atoms with Crippen molar-refractivity contribution >= 4 is 16.7 Å². The van der Waals surface area contributed by atoms with Crippen LogP contribution in [0.2, 0.25) is 0 Å². The van der Waals surface area contributed by atoms with Crippen LogP contribution < -0.4 is 5.73 Å². The summed E-state index contributed by atoms with van der Waals surface area (Å²) in [6, 6.07) is 5.34. The molecule has 2 aromatic rings. The van der Waals surface area contributed by atoms with Crippen molar-refractivity contribution in [2.75, 3.05) is 5.73 Å². The molecule has 1 atom stereocenters. The zero-order chi connectivity index (χ0) is 10.1. The van der Waals surface area contributed by atoms with E-state index in [-0.39, 0.29) is 6.04 Å². The van der Waals surface area contributed by atoms with Crippen LogP contribution in [-0.4, -0.2) is 15.0 Å². The lowest BCUT2D eigenvalue weighted by molar-refractivity contribution is 0.590. The first-order valence-electron chi connectivity index (χ1n) is 4.29. The third-order valence-corrected chi connectivity index (χ3v) is 2.10. The quantitative estimate of drug-likeness (QED) is 0.538. The molecule has 2 N–H and O–H groups in total. The molecule has 0 amide bonds. The van der Waals surface area contributed by atoms with Crippen molar-refractivity contribution in [2.24, 2.45) is 0 Å². The van der Waals surface area contributed by atoms with E-state index in [9.17, 15) is 0 Å². The number of fused-ring (bicyclic) bond motifs is 1. The summed E-state index contributed by atoms with van der Waals surface area (Å²) in [5.41, 5.74) is 8.04. The summed E-state index contributed by atoms with van der Waals surface area (Å²) in [6.07, 6.45) is 5.32. The summed E-state index contributed by atoms with van der Waals surface area (Å²) in [7, 11) is 0. The van der Waals surface area contributed by atoms with E-state index < -0.39 is 0 Å². The molecule has 4 nitrogen and oxygen atoms in total. The van der Waals surface area contributed by atoms with Crippen molar-refractivity contribution in [3.63, 3.8) is 0 Å². The van der Waals surface area contributed by atoms with Gasteiger partial charge in [-0.25, -0.2) is 4.68 Å². The zero-order valence-electron chi connectivity index (χ0n) is 7.81. The van der Waals surface area contributed by atoms with Gasteiger partial charge in [-0.05, 0) is 25.1 Å². The lowest BCUT2D eigenvalue weighted by atomic mass is 10.2. The number of aromatic nitrogens is 3. The maximum atomic E-state index is 5.67. The average molecular weight is 186 g/mol. The monoisotopic (exact) mass is 186 g/mol. The van der Waals surface area contributed by atoms with Gasteiger partial charge in [0.2, 0.25) is 0 Å². The number of anilines is 1. The van der Waals surface area contributed by atoms with Crippen LogP contribution in [-0.2, 0) is 0 Å². The van der Waals surface area contributed by atoms with Crippen molar-refractivity contribution < 1.29 is 0 Å². The van der Waals surface area contributed by atoms with Crippen molar-refractivity contribution in [2.45, 2.75) is 13.0 Å². The Kier molecular flexibility index (Phi) is 1.86. The van der Waals surface area contributed by atoms with Gasteiger partial charge < -0.3 is 5.73 Å². The van der Waals surface area contributed by atoms with E-state index in [0.29, 0.717) is 5.69 Å². The molecule has 0 aliphatic heterocycles. The Labute approximate surface area is 81.7 Å². The zero-order valence-corrected chi connectivity index (χ0v) is 7.81. The molecule has 70 valence electrons. The second kappa shape index (κ2) is 3.04. The first-order chi connectivity index (χ1) is 6.72. The molecule has 0 spiro atoms. The summed E-state index contributed by atoms with van der Waals surface area (Å²) in [5.74, 6) is 2.60. The first-order valence-corrected chi connectivity index (χ1v) is 4.29. The molecular weight excluding hydrogens is 176 g/mol.